The van der Waals surface area contributed by atoms with Crippen molar-refractivity contribution >= 4 is 11.9 Å². The summed E-state index contributed by atoms with van der Waals surface area (Å²) in [6.07, 6.45) is -7.69. The average Bonchev–Trinajstić information content (AvgIpc) is 2.47. The average molecular weight is 335 g/mol. The fourth-order valence-corrected chi connectivity index (χ4v) is 2.18. The minimum atomic E-state index is -2.81. The maximum absolute atomic E-state index is 11.7. The molecule has 0 aromatic carbocycles. The molecule has 10 nitrogen and oxygen atoms in total. The predicted octanol–water partition coefficient (Wildman–Crippen LogP) is -3.32. The van der Waals surface area contributed by atoms with Gasteiger partial charge in [-0.1, -0.05) is 6.58 Å². The molecule has 7 N–H and O–H groups in total. The number of hydrogen-bond donors (Lipinski definition) is 7. The van der Waals surface area contributed by atoms with Gasteiger partial charge in [-0.05, 0) is 6.92 Å². The summed E-state index contributed by atoms with van der Waals surface area (Å²) < 4.78 is 4.91. The zero-order chi connectivity index (χ0) is 17.9. The van der Waals surface area contributed by atoms with Crippen LogP contribution in [0.2, 0.25) is 0 Å². The van der Waals surface area contributed by atoms with E-state index in [9.17, 15) is 30.0 Å². The van der Waals surface area contributed by atoms with E-state index in [1.807, 2.05) is 0 Å². The molecule has 0 saturated carbocycles. The van der Waals surface area contributed by atoms with Crippen molar-refractivity contribution in [3.63, 3.8) is 0 Å². The van der Waals surface area contributed by atoms with Crippen LogP contribution < -0.4 is 5.32 Å². The lowest BCUT2D eigenvalue weighted by Gasteiger charge is -2.44. The molecule has 1 aliphatic heterocycles. The van der Waals surface area contributed by atoms with E-state index in [2.05, 4.69) is 11.9 Å². The lowest BCUT2D eigenvalue weighted by atomic mass is 9.88. The van der Waals surface area contributed by atoms with Gasteiger partial charge in [-0.2, -0.15) is 0 Å². The molecule has 0 radical (unpaired) electrons. The lowest BCUT2D eigenvalue weighted by molar-refractivity contribution is -0.295. The molecular weight excluding hydrogens is 314 g/mol. The lowest BCUT2D eigenvalue weighted by Crippen LogP contribution is -2.67. The molecule has 1 fully saturated rings. The Kier molecular flexibility index (Phi) is 6.22. The predicted molar refractivity (Wildman–Crippen MR) is 73.9 cm³/mol. The van der Waals surface area contributed by atoms with Crippen molar-refractivity contribution in [3.05, 3.63) is 12.2 Å². The highest BCUT2D eigenvalue weighted by Crippen LogP contribution is 2.30. The van der Waals surface area contributed by atoms with Crippen molar-refractivity contribution in [2.45, 2.75) is 49.6 Å². The van der Waals surface area contributed by atoms with Gasteiger partial charge >= 0.3 is 5.97 Å². The van der Waals surface area contributed by atoms with E-state index in [-0.39, 0.29) is 5.57 Å². The molecule has 1 saturated heterocycles. The van der Waals surface area contributed by atoms with Crippen molar-refractivity contribution in [1.29, 1.82) is 0 Å². The number of carbonyl (C=O) groups excluding carboxylic acids is 1. The van der Waals surface area contributed by atoms with Gasteiger partial charge in [0.1, 0.15) is 18.3 Å². The van der Waals surface area contributed by atoms with E-state index < -0.39 is 61.1 Å². The highest BCUT2D eigenvalue weighted by Gasteiger charge is 2.53. The van der Waals surface area contributed by atoms with Gasteiger partial charge in [-0.3, -0.25) is 4.79 Å². The highest BCUT2D eigenvalue weighted by atomic mass is 16.7. The third kappa shape index (κ3) is 4.25. The normalized spacial score (nSPS) is 33.6. The van der Waals surface area contributed by atoms with Gasteiger partial charge in [0, 0.05) is 12.0 Å². The number of aliphatic hydroxyl groups is 5. The van der Waals surface area contributed by atoms with E-state index in [1.165, 1.54) is 6.92 Å². The van der Waals surface area contributed by atoms with Gasteiger partial charge in [0.15, 0.2) is 0 Å². The SMILES string of the molecule is C=C(C)C(=O)N[C@H]1[C@H]([C@H](O)[C@H](O)CO)OC(O)(C(=O)O)C[C@@H]1O. The summed E-state index contributed by atoms with van der Waals surface area (Å²) >= 11 is 0. The Morgan fingerprint density at radius 1 is 1.43 bits per heavy atom. The molecule has 1 heterocycles. The Labute approximate surface area is 131 Å². The largest absolute Gasteiger partial charge is 0.477 e. The Morgan fingerprint density at radius 3 is 2.43 bits per heavy atom. The molecule has 1 amide bonds. The zero-order valence-corrected chi connectivity index (χ0v) is 12.4. The van der Waals surface area contributed by atoms with Gasteiger partial charge in [0.25, 0.3) is 5.79 Å². The molecule has 1 unspecified atom stereocenters. The van der Waals surface area contributed by atoms with E-state index in [0.29, 0.717) is 0 Å². The molecule has 1 aliphatic rings. The fraction of sp³-hybridized carbons (Fsp3) is 0.692. The van der Waals surface area contributed by atoms with Crippen molar-refractivity contribution in [2.75, 3.05) is 6.61 Å². The standard InChI is InChI=1S/C13H21NO9/c1-5(2)11(19)14-8-6(16)3-13(22,12(20)21)23-10(8)9(18)7(17)4-15/h6-10,15-18,22H,1,3-4H2,2H3,(H,14,19)(H,20,21)/t6-,7+,8+,9+,10+,13?/m0/s1. The second-order valence-corrected chi connectivity index (χ2v) is 5.46. The smallest absolute Gasteiger partial charge is 0.364 e. The first-order valence-corrected chi connectivity index (χ1v) is 6.78. The number of carbonyl (C=O) groups is 2. The third-order valence-corrected chi connectivity index (χ3v) is 3.52. The first kappa shape index (κ1) is 19.5. The van der Waals surface area contributed by atoms with Gasteiger partial charge in [-0.15, -0.1) is 0 Å². The first-order valence-electron chi connectivity index (χ1n) is 6.78. The summed E-state index contributed by atoms with van der Waals surface area (Å²) in [7, 11) is 0. The number of amides is 1. The molecule has 1 rings (SSSR count). The number of aliphatic hydroxyl groups excluding tert-OH is 4. The van der Waals surface area contributed by atoms with Crippen LogP contribution in [-0.2, 0) is 14.3 Å². The molecule has 132 valence electrons. The second kappa shape index (κ2) is 7.34. The molecule has 23 heavy (non-hydrogen) atoms. The summed E-state index contributed by atoms with van der Waals surface area (Å²) in [4.78, 5) is 22.8. The number of hydrogen-bond acceptors (Lipinski definition) is 8. The molecule has 0 spiro atoms. The molecule has 0 aromatic rings. The Balaban J connectivity index is 3.12. The molecule has 10 heteroatoms. The highest BCUT2D eigenvalue weighted by molar-refractivity contribution is 5.92. The number of carboxylic acid groups (broad SMARTS) is 1. The number of rotatable bonds is 6. The number of carboxylic acids is 1. The quantitative estimate of drug-likeness (QED) is 0.245. The van der Waals surface area contributed by atoms with Gasteiger partial charge < -0.3 is 40.7 Å². The maximum Gasteiger partial charge on any atom is 0.364 e. The van der Waals surface area contributed by atoms with Crippen LogP contribution in [0, 0.1) is 0 Å². The second-order valence-electron chi connectivity index (χ2n) is 5.46. The molecule has 6 atom stereocenters. The Morgan fingerprint density at radius 2 is 2.00 bits per heavy atom. The fourth-order valence-electron chi connectivity index (χ4n) is 2.18. The summed E-state index contributed by atoms with van der Waals surface area (Å²) in [5, 5.41) is 59.6. The molecule has 0 bridgehead atoms. The van der Waals surface area contributed by atoms with Gasteiger partial charge in [-0.25, -0.2) is 4.79 Å². The van der Waals surface area contributed by atoms with Gasteiger partial charge in [0.05, 0.1) is 18.8 Å². The summed E-state index contributed by atoms with van der Waals surface area (Å²) in [5.41, 5.74) is 0.0761. The summed E-state index contributed by atoms with van der Waals surface area (Å²) in [6, 6.07) is -1.34. The zero-order valence-electron chi connectivity index (χ0n) is 12.4. The van der Waals surface area contributed by atoms with E-state index >= 15 is 0 Å². The van der Waals surface area contributed by atoms with Crippen LogP contribution in [0.3, 0.4) is 0 Å². The summed E-state index contributed by atoms with van der Waals surface area (Å²) in [6.45, 7) is 3.89. The number of aliphatic carboxylic acids is 1. The van der Waals surface area contributed by atoms with Crippen LogP contribution in [0.4, 0.5) is 0 Å². The monoisotopic (exact) mass is 335 g/mol. The summed E-state index contributed by atoms with van der Waals surface area (Å²) in [5.74, 6) is -5.32. The molecular formula is C13H21NO9. The van der Waals surface area contributed by atoms with Crippen LogP contribution in [0.15, 0.2) is 12.2 Å². The molecule has 0 aliphatic carbocycles. The van der Waals surface area contributed by atoms with E-state index in [0.717, 1.165) is 0 Å². The van der Waals surface area contributed by atoms with Crippen molar-refractivity contribution in [1.82, 2.24) is 5.32 Å². The third-order valence-electron chi connectivity index (χ3n) is 3.52. The van der Waals surface area contributed by atoms with Gasteiger partial charge in [0.2, 0.25) is 5.91 Å². The van der Waals surface area contributed by atoms with E-state index in [4.69, 9.17) is 14.9 Å². The van der Waals surface area contributed by atoms with Crippen LogP contribution in [0.25, 0.3) is 0 Å². The molecule has 0 aromatic heterocycles. The van der Waals surface area contributed by atoms with E-state index in [1.54, 1.807) is 0 Å². The van der Waals surface area contributed by atoms with Crippen LogP contribution in [0.5, 0.6) is 0 Å². The first-order chi connectivity index (χ1) is 10.5. The van der Waals surface area contributed by atoms with Crippen LogP contribution >= 0.6 is 0 Å². The van der Waals surface area contributed by atoms with Crippen molar-refractivity contribution < 1.29 is 45.0 Å². The van der Waals surface area contributed by atoms with Crippen LogP contribution in [-0.4, -0.2) is 85.4 Å². The maximum atomic E-state index is 11.7. The van der Waals surface area contributed by atoms with Crippen molar-refractivity contribution in [2.24, 2.45) is 0 Å². The minimum absolute atomic E-state index is 0.0761. The topological polar surface area (TPSA) is 177 Å². The van der Waals surface area contributed by atoms with Crippen molar-refractivity contribution in [3.8, 4) is 0 Å². The Hall–Kier alpha value is -1.56. The Bertz CT molecular complexity index is 482. The number of nitrogens with one attached hydrogen (secondary N) is 1. The minimum Gasteiger partial charge on any atom is -0.477 e. The number of ether oxygens (including phenoxy) is 1. The van der Waals surface area contributed by atoms with Crippen LogP contribution in [0.1, 0.15) is 13.3 Å².